The first-order valence-electron chi connectivity index (χ1n) is 2.13. The highest BCUT2D eigenvalue weighted by molar-refractivity contribution is 8.01. The number of nitrogens with zero attached hydrogens (tertiary/aromatic N) is 1. The molecule has 0 radical (unpaired) electrons. The van der Waals surface area contributed by atoms with Gasteiger partial charge in [0.2, 0.25) is 0 Å². The van der Waals surface area contributed by atoms with Gasteiger partial charge in [-0.2, -0.15) is 0 Å². The molecule has 0 rings (SSSR count). The number of rotatable bonds is 2. The highest BCUT2D eigenvalue weighted by Gasteiger charge is 1.69. The maximum atomic E-state index is 2.04. The lowest BCUT2D eigenvalue weighted by Crippen LogP contribution is -1.98. The molecule has 0 N–H and O–H groups in total. The summed E-state index contributed by atoms with van der Waals surface area (Å²) in [7, 11) is 4.01. The molecule has 0 aromatic rings. The van der Waals surface area contributed by atoms with E-state index >= 15 is 0 Å². The Morgan fingerprint density at radius 1 is 1.43 bits per heavy atom. The molecule has 0 aromatic heterocycles. The topological polar surface area (TPSA) is 3.24 Å². The molecule has 0 saturated heterocycles. The molecule has 0 unspecified atom stereocenters. The van der Waals surface area contributed by atoms with Gasteiger partial charge < -0.3 is 4.90 Å². The van der Waals surface area contributed by atoms with Crippen LogP contribution in [0.1, 0.15) is 0 Å². The van der Waals surface area contributed by atoms with Gasteiger partial charge in [-0.15, -0.1) is 11.8 Å². The van der Waals surface area contributed by atoms with Crippen LogP contribution in [0.4, 0.5) is 0 Å². The Bertz CT molecular complexity index is 59.1. The summed E-state index contributed by atoms with van der Waals surface area (Å²) in [5.74, 6) is 0. The summed E-state index contributed by atoms with van der Waals surface area (Å²) in [5.41, 5.74) is 0. The van der Waals surface area contributed by atoms with E-state index in [-0.39, 0.29) is 0 Å². The third-order valence-corrected chi connectivity index (χ3v) is 0.889. The minimum Gasteiger partial charge on any atom is -0.383 e. The molecule has 0 fully saturated rings. The Balaban J connectivity index is 3.08. The second kappa shape index (κ2) is 4.06. The molecule has 0 aliphatic carbocycles. The van der Waals surface area contributed by atoms with Crippen LogP contribution in [0.5, 0.6) is 0 Å². The first kappa shape index (κ1) is 6.89. The van der Waals surface area contributed by atoms with E-state index in [1.165, 1.54) is 0 Å². The average Bonchev–Trinajstić information content (AvgIpc) is 1.61. The standard InChI is InChI=1S/C5H11NS/c1-6(2)4-5-7-3/h4-5H,1-3H3. The van der Waals surface area contributed by atoms with Crippen LogP contribution in [-0.4, -0.2) is 25.3 Å². The monoisotopic (exact) mass is 117 g/mol. The van der Waals surface area contributed by atoms with Gasteiger partial charge in [-0.3, -0.25) is 0 Å². The van der Waals surface area contributed by atoms with Crippen LogP contribution in [-0.2, 0) is 0 Å². The largest absolute Gasteiger partial charge is 0.383 e. The van der Waals surface area contributed by atoms with E-state index in [0.29, 0.717) is 0 Å². The molecule has 0 amide bonds. The maximum Gasteiger partial charge on any atom is 0.00558 e. The molecule has 42 valence electrons. The zero-order chi connectivity index (χ0) is 5.70. The lowest BCUT2D eigenvalue weighted by atomic mass is 10.9. The van der Waals surface area contributed by atoms with Crippen molar-refractivity contribution in [1.29, 1.82) is 0 Å². The fourth-order valence-corrected chi connectivity index (χ4v) is 0.548. The van der Waals surface area contributed by atoms with E-state index in [4.69, 9.17) is 0 Å². The van der Waals surface area contributed by atoms with E-state index in [1.807, 2.05) is 36.9 Å². The molecule has 0 bridgehead atoms. The normalized spacial score (nSPS) is 10.1. The maximum absolute atomic E-state index is 2.04. The molecule has 0 saturated carbocycles. The predicted molar refractivity (Wildman–Crippen MR) is 36.3 cm³/mol. The van der Waals surface area contributed by atoms with Crippen molar-refractivity contribution in [1.82, 2.24) is 4.90 Å². The van der Waals surface area contributed by atoms with Gasteiger partial charge in [0.1, 0.15) is 0 Å². The Kier molecular flexibility index (Phi) is 4.00. The van der Waals surface area contributed by atoms with Crippen LogP contribution < -0.4 is 0 Å². The van der Waals surface area contributed by atoms with Gasteiger partial charge in [-0.1, -0.05) is 0 Å². The Labute approximate surface area is 49.4 Å². The van der Waals surface area contributed by atoms with Gasteiger partial charge >= 0.3 is 0 Å². The zero-order valence-electron chi connectivity index (χ0n) is 5.01. The molecule has 0 spiro atoms. The fourth-order valence-electron chi connectivity index (χ4n) is 0.183. The molecular formula is C5H11NS. The zero-order valence-corrected chi connectivity index (χ0v) is 5.83. The summed E-state index contributed by atoms with van der Waals surface area (Å²) in [6, 6.07) is 0. The van der Waals surface area contributed by atoms with Gasteiger partial charge in [-0.25, -0.2) is 0 Å². The van der Waals surface area contributed by atoms with Crippen molar-refractivity contribution in [2.75, 3.05) is 20.4 Å². The van der Waals surface area contributed by atoms with Gasteiger partial charge in [-0.05, 0) is 11.7 Å². The van der Waals surface area contributed by atoms with Crippen molar-refractivity contribution in [3.8, 4) is 0 Å². The van der Waals surface area contributed by atoms with Crippen LogP contribution in [0.2, 0.25) is 0 Å². The molecular weight excluding hydrogens is 106 g/mol. The summed E-state index contributed by atoms with van der Waals surface area (Å²) in [6.45, 7) is 0. The highest BCUT2D eigenvalue weighted by atomic mass is 32.2. The Morgan fingerprint density at radius 2 is 2.00 bits per heavy atom. The van der Waals surface area contributed by atoms with Crippen molar-refractivity contribution in [2.45, 2.75) is 0 Å². The van der Waals surface area contributed by atoms with Crippen molar-refractivity contribution in [3.05, 3.63) is 11.6 Å². The van der Waals surface area contributed by atoms with Crippen LogP contribution >= 0.6 is 11.8 Å². The third kappa shape index (κ3) is 5.89. The van der Waals surface area contributed by atoms with E-state index < -0.39 is 0 Å². The van der Waals surface area contributed by atoms with Crippen LogP contribution in [0, 0.1) is 0 Å². The number of hydrogen-bond donors (Lipinski definition) is 0. The molecule has 7 heavy (non-hydrogen) atoms. The molecule has 0 atom stereocenters. The fraction of sp³-hybridized carbons (Fsp3) is 0.600. The van der Waals surface area contributed by atoms with Gasteiger partial charge in [0, 0.05) is 20.3 Å². The second-order valence-electron chi connectivity index (χ2n) is 1.48. The predicted octanol–water partition coefficient (Wildman–Crippen LogP) is 1.38. The van der Waals surface area contributed by atoms with E-state index in [0.717, 1.165) is 0 Å². The summed E-state index contributed by atoms with van der Waals surface area (Å²) >= 11 is 1.71. The smallest absolute Gasteiger partial charge is 0.00558 e. The first-order valence-corrected chi connectivity index (χ1v) is 3.42. The number of hydrogen-bond acceptors (Lipinski definition) is 2. The minimum atomic E-state index is 1.71. The van der Waals surface area contributed by atoms with Gasteiger partial charge in [0.15, 0.2) is 0 Å². The molecule has 2 heteroatoms. The van der Waals surface area contributed by atoms with Crippen molar-refractivity contribution >= 4 is 11.8 Å². The first-order chi connectivity index (χ1) is 3.27. The molecule has 0 aromatic carbocycles. The summed E-state index contributed by atoms with van der Waals surface area (Å²) in [5, 5.41) is 2.04. The summed E-state index contributed by atoms with van der Waals surface area (Å²) in [4.78, 5) is 2.01. The molecule has 1 nitrogen and oxygen atoms in total. The quantitative estimate of drug-likeness (QED) is 0.537. The van der Waals surface area contributed by atoms with Crippen LogP contribution in [0.25, 0.3) is 0 Å². The van der Waals surface area contributed by atoms with E-state index in [1.54, 1.807) is 11.8 Å². The van der Waals surface area contributed by atoms with E-state index in [9.17, 15) is 0 Å². The van der Waals surface area contributed by atoms with Crippen molar-refractivity contribution in [2.24, 2.45) is 0 Å². The van der Waals surface area contributed by atoms with Gasteiger partial charge in [0.05, 0.1) is 0 Å². The summed E-state index contributed by atoms with van der Waals surface area (Å²) < 4.78 is 0. The average molecular weight is 117 g/mol. The van der Waals surface area contributed by atoms with Crippen molar-refractivity contribution in [3.63, 3.8) is 0 Å². The molecule has 0 aliphatic rings. The van der Waals surface area contributed by atoms with Gasteiger partial charge in [0.25, 0.3) is 0 Å². The lowest BCUT2D eigenvalue weighted by molar-refractivity contribution is 0.565. The van der Waals surface area contributed by atoms with Crippen LogP contribution in [0.15, 0.2) is 11.6 Å². The Morgan fingerprint density at radius 3 is 2.14 bits per heavy atom. The van der Waals surface area contributed by atoms with E-state index in [2.05, 4.69) is 0 Å². The lowest BCUT2D eigenvalue weighted by Gasteiger charge is -2.00. The molecule has 0 heterocycles. The Hall–Kier alpha value is -0.110. The van der Waals surface area contributed by atoms with Crippen molar-refractivity contribution < 1.29 is 0 Å². The highest BCUT2D eigenvalue weighted by Crippen LogP contribution is 1.92. The van der Waals surface area contributed by atoms with Crippen LogP contribution in [0.3, 0.4) is 0 Å². The SMILES string of the molecule is CSC=CN(C)C. The minimum absolute atomic E-state index is 1.71. The third-order valence-electron chi connectivity index (χ3n) is 0.495. The summed E-state index contributed by atoms with van der Waals surface area (Å²) in [6.07, 6.45) is 4.06. The second-order valence-corrected chi connectivity index (χ2v) is 2.23. The molecule has 0 aliphatic heterocycles. The number of thioether (sulfide) groups is 1.